The van der Waals surface area contributed by atoms with Gasteiger partial charge in [-0.25, -0.2) is 0 Å². The van der Waals surface area contributed by atoms with Crippen LogP contribution >= 0.6 is 0 Å². The predicted octanol–water partition coefficient (Wildman–Crippen LogP) is 4.09. The van der Waals surface area contributed by atoms with Gasteiger partial charge in [-0.2, -0.15) is 0 Å². The minimum Gasteiger partial charge on any atom is -0.388 e. The Hall–Kier alpha value is -0.890. The lowest BCUT2D eigenvalue weighted by Crippen LogP contribution is -2.02. The highest BCUT2D eigenvalue weighted by molar-refractivity contribution is 5.23. The third-order valence-electron chi connectivity index (χ3n) is 3.21. The summed E-state index contributed by atoms with van der Waals surface area (Å²) >= 11 is 0. The molecule has 0 aromatic carbocycles. The van der Waals surface area contributed by atoms with Crippen molar-refractivity contribution in [2.75, 3.05) is 0 Å². The highest BCUT2D eigenvalue weighted by atomic mass is 16.3. The zero-order valence-corrected chi connectivity index (χ0v) is 11.4. The van der Waals surface area contributed by atoms with Crippen LogP contribution in [-0.4, -0.2) is 10.1 Å². The van der Waals surface area contributed by atoms with Gasteiger partial charge in [0.1, 0.15) is 0 Å². The molecule has 0 radical (unpaired) electrons. The van der Waals surface area contributed by atoms with Gasteiger partial charge in [0.05, 0.1) is 6.10 Å². The number of rotatable bonds is 7. The molecule has 1 atom stereocenters. The van der Waals surface area contributed by atoms with Gasteiger partial charge in [0, 0.05) is 17.0 Å². The molecule has 0 amide bonds. The monoisotopic (exact) mass is 235 g/mol. The molecule has 0 fully saturated rings. The van der Waals surface area contributed by atoms with Crippen LogP contribution in [0.4, 0.5) is 0 Å². The molecule has 96 valence electrons. The summed E-state index contributed by atoms with van der Waals surface area (Å²) in [6.07, 6.45) is 6.70. The van der Waals surface area contributed by atoms with E-state index in [9.17, 15) is 5.11 Å². The second-order valence-electron chi connectivity index (χ2n) is 4.85. The van der Waals surface area contributed by atoms with Crippen LogP contribution in [0.1, 0.15) is 68.5 Å². The summed E-state index contributed by atoms with van der Waals surface area (Å²) in [4.78, 5) is 4.39. The molecule has 0 aliphatic heterocycles. The number of aromatic nitrogens is 1. The maximum Gasteiger partial charge on any atom is 0.0807 e. The molecule has 1 aromatic rings. The van der Waals surface area contributed by atoms with E-state index in [2.05, 4.69) is 11.9 Å². The number of aliphatic hydroxyl groups is 1. The fourth-order valence-electron chi connectivity index (χ4n) is 2.15. The average Bonchev–Trinajstić information content (AvgIpc) is 2.28. The molecule has 2 nitrogen and oxygen atoms in total. The summed E-state index contributed by atoms with van der Waals surface area (Å²) in [5.41, 5.74) is 2.97. The number of nitrogens with zero attached hydrogens (tertiary/aromatic N) is 1. The van der Waals surface area contributed by atoms with Crippen molar-refractivity contribution in [1.82, 2.24) is 4.98 Å². The van der Waals surface area contributed by atoms with Gasteiger partial charge in [-0.15, -0.1) is 0 Å². The van der Waals surface area contributed by atoms with E-state index in [-0.39, 0.29) is 6.10 Å². The van der Waals surface area contributed by atoms with Crippen LogP contribution in [0.5, 0.6) is 0 Å². The number of hydrogen-bond donors (Lipinski definition) is 1. The number of aryl methyl sites for hydroxylation is 2. The first-order chi connectivity index (χ1) is 8.15. The SMILES string of the molecule is CCCCCCCC(O)c1ccc(C)nc1C. The van der Waals surface area contributed by atoms with Crippen molar-refractivity contribution in [2.45, 2.75) is 65.4 Å². The van der Waals surface area contributed by atoms with Gasteiger partial charge in [-0.3, -0.25) is 4.98 Å². The van der Waals surface area contributed by atoms with Gasteiger partial charge in [0.15, 0.2) is 0 Å². The van der Waals surface area contributed by atoms with Crippen molar-refractivity contribution in [3.05, 3.63) is 29.1 Å². The second-order valence-corrected chi connectivity index (χ2v) is 4.85. The molecule has 17 heavy (non-hydrogen) atoms. The smallest absolute Gasteiger partial charge is 0.0807 e. The van der Waals surface area contributed by atoms with Gasteiger partial charge in [0.2, 0.25) is 0 Å². The van der Waals surface area contributed by atoms with Crippen molar-refractivity contribution in [2.24, 2.45) is 0 Å². The Labute approximate surface area is 105 Å². The fourth-order valence-corrected chi connectivity index (χ4v) is 2.15. The lowest BCUT2D eigenvalue weighted by atomic mass is 10.0. The first kappa shape index (κ1) is 14.2. The van der Waals surface area contributed by atoms with Crippen LogP contribution in [0.25, 0.3) is 0 Å². The predicted molar refractivity (Wildman–Crippen MR) is 72.0 cm³/mol. The molecule has 0 saturated heterocycles. The molecule has 0 bridgehead atoms. The van der Waals surface area contributed by atoms with Crippen LogP contribution in [0.2, 0.25) is 0 Å². The zero-order chi connectivity index (χ0) is 12.7. The number of pyridine rings is 1. The van der Waals surface area contributed by atoms with Crippen LogP contribution in [0.3, 0.4) is 0 Å². The second kappa shape index (κ2) is 7.44. The Morgan fingerprint density at radius 3 is 2.47 bits per heavy atom. The summed E-state index contributed by atoms with van der Waals surface area (Å²) in [6.45, 7) is 6.17. The first-order valence-electron chi connectivity index (χ1n) is 6.77. The minimum atomic E-state index is -0.343. The van der Waals surface area contributed by atoms with Gasteiger partial charge < -0.3 is 5.11 Å². The number of unbranched alkanes of at least 4 members (excludes halogenated alkanes) is 4. The van der Waals surface area contributed by atoms with Gasteiger partial charge >= 0.3 is 0 Å². The molecule has 0 spiro atoms. The summed E-state index contributed by atoms with van der Waals surface area (Å²) < 4.78 is 0. The van der Waals surface area contributed by atoms with E-state index in [4.69, 9.17) is 0 Å². The molecule has 0 aliphatic rings. The Kier molecular flexibility index (Phi) is 6.20. The highest BCUT2D eigenvalue weighted by Crippen LogP contribution is 2.22. The van der Waals surface area contributed by atoms with Crippen molar-refractivity contribution < 1.29 is 5.11 Å². The summed E-state index contributed by atoms with van der Waals surface area (Å²) in [5, 5.41) is 10.1. The molecular formula is C15H25NO. The maximum atomic E-state index is 10.1. The zero-order valence-electron chi connectivity index (χ0n) is 11.4. The fraction of sp³-hybridized carbons (Fsp3) is 0.667. The molecule has 1 rings (SSSR count). The third kappa shape index (κ3) is 4.86. The van der Waals surface area contributed by atoms with E-state index in [1.165, 1.54) is 25.7 Å². The Morgan fingerprint density at radius 1 is 1.12 bits per heavy atom. The quantitative estimate of drug-likeness (QED) is 0.722. The summed E-state index contributed by atoms with van der Waals surface area (Å²) in [6, 6.07) is 3.98. The van der Waals surface area contributed by atoms with Crippen molar-refractivity contribution >= 4 is 0 Å². The molecular weight excluding hydrogens is 210 g/mol. The molecule has 2 heteroatoms. The van der Waals surface area contributed by atoms with E-state index in [1.54, 1.807) is 0 Å². The summed E-state index contributed by atoms with van der Waals surface area (Å²) in [5.74, 6) is 0. The maximum absolute atomic E-state index is 10.1. The Bertz CT molecular complexity index is 336. The van der Waals surface area contributed by atoms with Gasteiger partial charge in [-0.05, 0) is 26.3 Å². The van der Waals surface area contributed by atoms with E-state index < -0.39 is 0 Å². The molecule has 1 unspecified atom stereocenters. The molecule has 1 aromatic heterocycles. The largest absolute Gasteiger partial charge is 0.388 e. The van der Waals surface area contributed by atoms with Crippen molar-refractivity contribution in [3.63, 3.8) is 0 Å². The van der Waals surface area contributed by atoms with E-state index >= 15 is 0 Å². The average molecular weight is 235 g/mol. The normalized spacial score (nSPS) is 12.7. The third-order valence-corrected chi connectivity index (χ3v) is 3.21. The van der Waals surface area contributed by atoms with Crippen molar-refractivity contribution in [3.8, 4) is 0 Å². The Balaban J connectivity index is 2.38. The summed E-state index contributed by atoms with van der Waals surface area (Å²) in [7, 11) is 0. The topological polar surface area (TPSA) is 33.1 Å². The molecule has 1 N–H and O–H groups in total. The van der Waals surface area contributed by atoms with E-state index in [0.29, 0.717) is 0 Å². The lowest BCUT2D eigenvalue weighted by Gasteiger charge is -2.13. The van der Waals surface area contributed by atoms with Gasteiger partial charge in [-0.1, -0.05) is 45.1 Å². The first-order valence-corrected chi connectivity index (χ1v) is 6.77. The molecule has 0 aliphatic carbocycles. The lowest BCUT2D eigenvalue weighted by molar-refractivity contribution is 0.162. The van der Waals surface area contributed by atoms with Crippen LogP contribution < -0.4 is 0 Å². The number of aliphatic hydroxyl groups excluding tert-OH is 1. The van der Waals surface area contributed by atoms with Gasteiger partial charge in [0.25, 0.3) is 0 Å². The Morgan fingerprint density at radius 2 is 1.82 bits per heavy atom. The van der Waals surface area contributed by atoms with Crippen LogP contribution in [-0.2, 0) is 0 Å². The standard InChI is InChI=1S/C15H25NO/c1-4-5-6-7-8-9-15(17)14-11-10-12(2)16-13(14)3/h10-11,15,17H,4-9H2,1-3H3. The molecule has 1 heterocycles. The highest BCUT2D eigenvalue weighted by Gasteiger charge is 2.10. The minimum absolute atomic E-state index is 0.343. The van der Waals surface area contributed by atoms with Crippen LogP contribution in [0, 0.1) is 13.8 Å². The van der Waals surface area contributed by atoms with Crippen molar-refractivity contribution in [1.29, 1.82) is 0 Å². The molecule has 0 saturated carbocycles. The number of hydrogen-bond acceptors (Lipinski definition) is 2. The van der Waals surface area contributed by atoms with Crippen LogP contribution in [0.15, 0.2) is 12.1 Å². The van der Waals surface area contributed by atoms with E-state index in [0.717, 1.165) is 29.8 Å². The van der Waals surface area contributed by atoms with E-state index in [1.807, 2.05) is 26.0 Å².